The van der Waals surface area contributed by atoms with Crippen molar-refractivity contribution in [3.63, 3.8) is 0 Å². The topological polar surface area (TPSA) is 78.1 Å². The summed E-state index contributed by atoms with van der Waals surface area (Å²) in [5, 5.41) is 0. The predicted molar refractivity (Wildman–Crippen MR) is 61.2 cm³/mol. The van der Waals surface area contributed by atoms with Crippen molar-refractivity contribution in [1.29, 1.82) is 0 Å². The van der Waals surface area contributed by atoms with Crippen molar-refractivity contribution in [2.75, 3.05) is 17.8 Å². The fraction of sp³-hybridized carbons (Fsp3) is 0.667. The molecule has 1 aromatic rings. The summed E-state index contributed by atoms with van der Waals surface area (Å²) in [5.41, 5.74) is 0. The highest BCUT2D eigenvalue weighted by atomic mass is 32.2. The second-order valence-corrected chi connectivity index (χ2v) is 5.53. The van der Waals surface area contributed by atoms with Gasteiger partial charge in [0.2, 0.25) is 5.95 Å². The lowest BCUT2D eigenvalue weighted by Crippen LogP contribution is -2.36. The third-order valence-corrected chi connectivity index (χ3v) is 4.13. The van der Waals surface area contributed by atoms with Crippen LogP contribution < -0.4 is 4.72 Å². The highest BCUT2D eigenvalue weighted by molar-refractivity contribution is 7.90. The molecule has 0 spiro atoms. The fourth-order valence-corrected chi connectivity index (χ4v) is 3.01. The minimum absolute atomic E-state index is 0.268. The minimum atomic E-state index is -3.44. The lowest BCUT2D eigenvalue weighted by molar-refractivity contribution is 0.427. The number of anilines is 1. The molecule has 0 bridgehead atoms. The Kier molecular flexibility index (Phi) is 3.45. The summed E-state index contributed by atoms with van der Waals surface area (Å²) in [7, 11) is -3.44. The first-order chi connectivity index (χ1) is 7.68. The SMILES string of the molecule is O=S(=O)(Nc1ncc[nH]1)N1CCCCCC1. The van der Waals surface area contributed by atoms with Crippen molar-refractivity contribution in [3.8, 4) is 0 Å². The van der Waals surface area contributed by atoms with Gasteiger partial charge < -0.3 is 4.98 Å². The minimum Gasteiger partial charge on any atom is -0.330 e. The Bertz CT molecular complexity index is 407. The van der Waals surface area contributed by atoms with Crippen LogP contribution in [0.5, 0.6) is 0 Å². The Hall–Kier alpha value is -1.08. The molecule has 0 amide bonds. The van der Waals surface area contributed by atoms with E-state index in [4.69, 9.17) is 0 Å². The smallest absolute Gasteiger partial charge is 0.303 e. The zero-order valence-electron chi connectivity index (χ0n) is 9.02. The molecule has 0 aliphatic carbocycles. The molecule has 2 heterocycles. The molecule has 6 nitrogen and oxygen atoms in total. The molecule has 90 valence electrons. The second-order valence-electron chi connectivity index (χ2n) is 3.86. The van der Waals surface area contributed by atoms with E-state index >= 15 is 0 Å². The largest absolute Gasteiger partial charge is 0.330 e. The zero-order valence-corrected chi connectivity index (χ0v) is 9.83. The number of nitrogens with zero attached hydrogens (tertiary/aromatic N) is 2. The van der Waals surface area contributed by atoms with E-state index in [0.717, 1.165) is 25.7 Å². The molecule has 0 aromatic carbocycles. The number of aromatic amines is 1. The van der Waals surface area contributed by atoms with E-state index in [-0.39, 0.29) is 5.95 Å². The van der Waals surface area contributed by atoms with Gasteiger partial charge in [-0.15, -0.1) is 0 Å². The van der Waals surface area contributed by atoms with Crippen LogP contribution in [0.2, 0.25) is 0 Å². The van der Waals surface area contributed by atoms with Gasteiger partial charge in [0.25, 0.3) is 0 Å². The lowest BCUT2D eigenvalue weighted by atomic mass is 10.2. The van der Waals surface area contributed by atoms with E-state index in [2.05, 4.69) is 14.7 Å². The van der Waals surface area contributed by atoms with Gasteiger partial charge in [-0.25, -0.2) is 9.71 Å². The molecule has 1 aliphatic heterocycles. The molecule has 0 unspecified atom stereocenters. The Morgan fingerprint density at radius 1 is 1.25 bits per heavy atom. The van der Waals surface area contributed by atoms with E-state index in [1.807, 2.05) is 0 Å². The van der Waals surface area contributed by atoms with Crippen molar-refractivity contribution in [2.24, 2.45) is 0 Å². The summed E-state index contributed by atoms with van der Waals surface area (Å²) >= 11 is 0. The number of rotatable bonds is 3. The summed E-state index contributed by atoms with van der Waals surface area (Å²) in [5.74, 6) is 0.268. The summed E-state index contributed by atoms with van der Waals surface area (Å²) in [6, 6.07) is 0. The summed E-state index contributed by atoms with van der Waals surface area (Å²) < 4.78 is 27.8. The third kappa shape index (κ3) is 2.73. The molecule has 1 aromatic heterocycles. The van der Waals surface area contributed by atoms with E-state index < -0.39 is 10.2 Å². The summed E-state index contributed by atoms with van der Waals surface area (Å²) in [6.07, 6.45) is 7.16. The van der Waals surface area contributed by atoms with Crippen LogP contribution in [0.1, 0.15) is 25.7 Å². The molecule has 1 fully saturated rings. The molecular formula is C9H16N4O2S. The van der Waals surface area contributed by atoms with Crippen LogP contribution >= 0.6 is 0 Å². The first-order valence-electron chi connectivity index (χ1n) is 5.46. The van der Waals surface area contributed by atoms with Gasteiger partial charge in [0.1, 0.15) is 0 Å². The first kappa shape index (κ1) is 11.4. The van der Waals surface area contributed by atoms with Gasteiger partial charge in [-0.3, -0.25) is 0 Å². The van der Waals surface area contributed by atoms with Crippen LogP contribution in [-0.4, -0.2) is 35.8 Å². The van der Waals surface area contributed by atoms with Gasteiger partial charge >= 0.3 is 10.2 Å². The zero-order chi connectivity index (χ0) is 11.4. The summed E-state index contributed by atoms with van der Waals surface area (Å²) in [6.45, 7) is 1.19. The molecule has 2 rings (SSSR count). The van der Waals surface area contributed by atoms with Crippen molar-refractivity contribution in [2.45, 2.75) is 25.7 Å². The molecule has 0 radical (unpaired) electrons. The molecule has 0 saturated carbocycles. The standard InChI is InChI=1S/C9H16N4O2S/c14-16(15,12-9-10-5-6-11-9)13-7-3-1-2-4-8-13/h5-6H,1-4,7-8H2,(H2,10,11,12). The van der Waals surface area contributed by atoms with Gasteiger partial charge in [-0.1, -0.05) is 12.8 Å². The van der Waals surface area contributed by atoms with Crippen LogP contribution in [0.25, 0.3) is 0 Å². The van der Waals surface area contributed by atoms with Crippen LogP contribution in [0, 0.1) is 0 Å². The molecule has 1 saturated heterocycles. The van der Waals surface area contributed by atoms with E-state index in [1.165, 1.54) is 10.5 Å². The predicted octanol–water partition coefficient (Wildman–Crippen LogP) is 0.942. The van der Waals surface area contributed by atoms with E-state index in [9.17, 15) is 8.42 Å². The molecule has 16 heavy (non-hydrogen) atoms. The molecule has 0 atom stereocenters. The monoisotopic (exact) mass is 244 g/mol. The molecule has 2 N–H and O–H groups in total. The number of hydrogen-bond donors (Lipinski definition) is 2. The van der Waals surface area contributed by atoms with Crippen molar-refractivity contribution in [3.05, 3.63) is 12.4 Å². The lowest BCUT2D eigenvalue weighted by Gasteiger charge is -2.19. The maximum absolute atomic E-state index is 12.0. The van der Waals surface area contributed by atoms with Gasteiger partial charge in [-0.05, 0) is 12.8 Å². The number of hydrogen-bond acceptors (Lipinski definition) is 3. The van der Waals surface area contributed by atoms with Crippen LogP contribution in [0.15, 0.2) is 12.4 Å². The van der Waals surface area contributed by atoms with Gasteiger partial charge in [0, 0.05) is 25.5 Å². The Morgan fingerprint density at radius 2 is 1.94 bits per heavy atom. The Morgan fingerprint density at radius 3 is 2.50 bits per heavy atom. The number of H-pyrrole nitrogens is 1. The highest BCUT2D eigenvalue weighted by Crippen LogP contribution is 2.14. The van der Waals surface area contributed by atoms with Gasteiger partial charge in [0.05, 0.1) is 0 Å². The normalized spacial score (nSPS) is 19.2. The number of imidazole rings is 1. The molecule has 1 aliphatic rings. The maximum Gasteiger partial charge on any atom is 0.303 e. The third-order valence-electron chi connectivity index (χ3n) is 2.63. The van der Waals surface area contributed by atoms with E-state index in [0.29, 0.717) is 13.1 Å². The van der Waals surface area contributed by atoms with Gasteiger partial charge in [-0.2, -0.15) is 12.7 Å². The molecular weight excluding hydrogens is 228 g/mol. The number of aromatic nitrogens is 2. The number of nitrogens with one attached hydrogen (secondary N) is 2. The van der Waals surface area contributed by atoms with Crippen molar-refractivity contribution < 1.29 is 8.42 Å². The van der Waals surface area contributed by atoms with Crippen LogP contribution in [0.4, 0.5) is 5.95 Å². The molecule has 7 heteroatoms. The van der Waals surface area contributed by atoms with Crippen molar-refractivity contribution in [1.82, 2.24) is 14.3 Å². The second kappa shape index (κ2) is 4.84. The highest BCUT2D eigenvalue weighted by Gasteiger charge is 2.23. The van der Waals surface area contributed by atoms with Crippen LogP contribution in [0.3, 0.4) is 0 Å². The maximum atomic E-state index is 12.0. The van der Waals surface area contributed by atoms with Gasteiger partial charge in [0.15, 0.2) is 0 Å². The Labute approximate surface area is 95.2 Å². The van der Waals surface area contributed by atoms with E-state index in [1.54, 1.807) is 6.20 Å². The van der Waals surface area contributed by atoms with Crippen molar-refractivity contribution >= 4 is 16.2 Å². The first-order valence-corrected chi connectivity index (χ1v) is 6.90. The average Bonchev–Trinajstić information content (AvgIpc) is 2.56. The van der Waals surface area contributed by atoms with Crippen LogP contribution in [-0.2, 0) is 10.2 Å². The fourth-order valence-electron chi connectivity index (χ4n) is 1.79. The summed E-state index contributed by atoms with van der Waals surface area (Å²) in [4.78, 5) is 6.57. The Balaban J connectivity index is 2.05. The quantitative estimate of drug-likeness (QED) is 0.830. The average molecular weight is 244 g/mol.